The first-order valence-corrected chi connectivity index (χ1v) is 12.4. The van der Waals surface area contributed by atoms with Crippen LogP contribution in [0.1, 0.15) is 25.7 Å². The number of aliphatic carboxylic acids is 6. The summed E-state index contributed by atoms with van der Waals surface area (Å²) >= 11 is 0. The molecule has 0 saturated heterocycles. The minimum Gasteiger partial charge on any atom is -0.822 e. The summed E-state index contributed by atoms with van der Waals surface area (Å²) in [4.78, 5) is 136. The van der Waals surface area contributed by atoms with E-state index in [1.165, 1.54) is 0 Å². The molecule has 0 aromatic rings. The zero-order valence-electron chi connectivity index (χ0n) is 28.3. The Kier molecular flexibility index (Phi) is 120. The van der Waals surface area contributed by atoms with E-state index in [1.54, 1.807) is 0 Å². The number of hydrogen-bond acceptors (Lipinski definition) is 31. The SMILES string of the molecule is O=C([O-])CC(O)(CC(=O)[O-])C(=O)[O-].O=C([O-])CC(O)(CC(=O)[O-])C(=O)[O-].O=C([O-])[O-].O=C([O-])[O-].O=C([O-])[O-].O=P([O-])([O-])[O-].O=P([O-])([O-])[O-].[Ca+2].[Ca+2].[Ca+2].[Ca+2].[Ca+2].[Ca+2].[Ca+2].[Ca+2].[Ca+2]. The van der Waals surface area contributed by atoms with Crippen LogP contribution in [0, 0.1) is 0 Å². The van der Waals surface area contributed by atoms with Crippen molar-refractivity contribution < 1.29 is 153 Å². The molecular formula is C15H10Ca9O31P2. The molecule has 0 aliphatic heterocycles. The van der Waals surface area contributed by atoms with Crippen LogP contribution in [0.5, 0.6) is 0 Å². The quantitative estimate of drug-likeness (QED) is 0.151. The molecule has 0 aromatic carbocycles. The monoisotopic (exact) mass is 1110 g/mol. The van der Waals surface area contributed by atoms with Crippen molar-refractivity contribution in [1.29, 1.82) is 0 Å². The Labute approximate surface area is 585 Å². The van der Waals surface area contributed by atoms with Crippen LogP contribution >= 0.6 is 15.6 Å². The summed E-state index contributed by atoms with van der Waals surface area (Å²) in [6.45, 7) is 0. The summed E-state index contributed by atoms with van der Waals surface area (Å²) in [6.07, 6.45) is -12.4. The van der Waals surface area contributed by atoms with Crippen molar-refractivity contribution in [2.75, 3.05) is 0 Å². The van der Waals surface area contributed by atoms with Crippen molar-refractivity contribution in [1.82, 2.24) is 0 Å². The fourth-order valence-corrected chi connectivity index (χ4v) is 1.37. The molecule has 0 rings (SSSR count). The molecule has 0 amide bonds. The molecule has 0 aliphatic carbocycles. The second-order valence-corrected chi connectivity index (χ2v) is 8.27. The van der Waals surface area contributed by atoms with Gasteiger partial charge in [-0.2, -0.15) is 15.6 Å². The van der Waals surface area contributed by atoms with E-state index >= 15 is 0 Å². The van der Waals surface area contributed by atoms with Crippen molar-refractivity contribution in [3.8, 4) is 0 Å². The first-order chi connectivity index (χ1) is 20.7. The average molecular weight is 1110 g/mol. The van der Waals surface area contributed by atoms with Crippen LogP contribution in [0.15, 0.2) is 0 Å². The van der Waals surface area contributed by atoms with E-state index in [9.17, 15) is 59.4 Å². The topological polar surface area (TPSA) is 643 Å². The Bertz CT molecular complexity index is 1030. The van der Waals surface area contributed by atoms with Gasteiger partial charge in [-0.1, -0.05) is 0 Å². The molecule has 2 N–H and O–H groups in total. The maximum Gasteiger partial charge on any atom is 2.00 e. The van der Waals surface area contributed by atoms with Gasteiger partial charge >= 0.3 is 340 Å². The number of carbonyl (C=O) groups excluding carboxylic acids is 9. The van der Waals surface area contributed by atoms with Crippen molar-refractivity contribution in [3.05, 3.63) is 0 Å². The minimum atomic E-state index is -5.39. The van der Waals surface area contributed by atoms with Gasteiger partial charge in [-0.3, -0.25) is 0 Å². The second-order valence-electron chi connectivity index (χ2n) is 6.48. The number of rotatable bonds is 10. The maximum absolute atomic E-state index is 10.1. The fourth-order valence-electron chi connectivity index (χ4n) is 1.37. The molecule has 57 heavy (non-hydrogen) atoms. The van der Waals surface area contributed by atoms with E-state index in [0.717, 1.165) is 0 Å². The van der Waals surface area contributed by atoms with E-state index in [-0.39, 0.29) is 340 Å². The predicted molar refractivity (Wildman–Crippen MR) is 142 cm³/mol. The average Bonchev–Trinajstić information content (AvgIpc) is 2.67. The maximum atomic E-state index is 10.1. The summed E-state index contributed by atoms with van der Waals surface area (Å²) in [5, 5.41) is 128. The Morgan fingerprint density at radius 3 is 0.439 bits per heavy atom. The van der Waals surface area contributed by atoms with Gasteiger partial charge in [0.05, 0.1) is 11.9 Å². The van der Waals surface area contributed by atoms with E-state index in [2.05, 4.69) is 0 Å². The molecule has 0 atom stereocenters. The molecule has 0 fully saturated rings. The van der Waals surface area contributed by atoms with E-state index in [4.69, 9.17) is 93.7 Å². The van der Waals surface area contributed by atoms with Gasteiger partial charge in [0.1, 0.15) is 11.2 Å². The molecule has 284 valence electrons. The zero-order chi connectivity index (χ0) is 41.0. The largest absolute Gasteiger partial charge is 2.00 e. The van der Waals surface area contributed by atoms with E-state index in [0.29, 0.717) is 0 Å². The standard InChI is InChI=1S/2C6H8O7.3CH2O3.9Ca.2H3O4P/c2*7-3(8)1-6(13,5(11)12)2-4(9)10;3*2-1(3)4;;;;;;;;;;2*1-5(2,3)4/h2*13H,1-2H2,(H,7,8)(H,9,10)(H,11,12);3*(H2,2,3,4);;;;;;;;;;2*(H3,1,2,3,4)/q;;;;;9*+2;;/p-18. The second kappa shape index (κ2) is 62.1. The van der Waals surface area contributed by atoms with Crippen molar-refractivity contribution >= 4 is 410 Å². The summed E-state index contributed by atoms with van der Waals surface area (Å²) in [5.74, 6) is -12.0. The van der Waals surface area contributed by atoms with Gasteiger partial charge in [-0.15, -0.1) is 0 Å². The smallest absolute Gasteiger partial charge is 0.822 e. The van der Waals surface area contributed by atoms with Crippen LogP contribution in [0.2, 0.25) is 0 Å². The van der Waals surface area contributed by atoms with Crippen LogP contribution in [-0.2, 0) is 37.9 Å². The fraction of sp³-hybridized carbons (Fsp3) is 0.400. The van der Waals surface area contributed by atoms with Gasteiger partial charge in [-0.25, -0.2) is 0 Å². The van der Waals surface area contributed by atoms with Crippen molar-refractivity contribution in [2.45, 2.75) is 36.9 Å². The Balaban J connectivity index is -0.0000000255. The van der Waals surface area contributed by atoms with Crippen LogP contribution in [0.3, 0.4) is 0 Å². The molecular weight excluding hydrogens is 1100 g/mol. The third-order valence-corrected chi connectivity index (χ3v) is 2.51. The molecule has 0 saturated carbocycles. The first kappa shape index (κ1) is 110. The summed E-state index contributed by atoms with van der Waals surface area (Å²) < 4.78 is 17.1. The molecule has 0 aromatic heterocycles. The number of carboxylic acids is 6. The van der Waals surface area contributed by atoms with Gasteiger partial charge < -0.3 is 153 Å². The number of aliphatic hydroxyl groups is 2. The number of carbonyl (C=O) groups is 9. The molecule has 42 heteroatoms. The van der Waals surface area contributed by atoms with Gasteiger partial charge in [-0.05, 0) is 18.5 Å². The van der Waals surface area contributed by atoms with Gasteiger partial charge in [0.2, 0.25) is 0 Å². The zero-order valence-corrected chi connectivity index (χ0v) is 50.0. The van der Waals surface area contributed by atoms with E-state index in [1.807, 2.05) is 0 Å². The number of hydrogen-bond donors (Lipinski definition) is 2. The summed E-state index contributed by atoms with van der Waals surface area (Å²) in [6, 6.07) is 0. The van der Waals surface area contributed by atoms with Crippen molar-refractivity contribution in [3.63, 3.8) is 0 Å². The normalized spacial score (nSPS) is 8.28. The van der Waals surface area contributed by atoms with Crippen LogP contribution in [-0.4, -0.2) is 415 Å². The van der Waals surface area contributed by atoms with Crippen LogP contribution < -0.4 is 90.6 Å². The Morgan fingerprint density at radius 1 is 0.333 bits per heavy atom. The summed E-state index contributed by atoms with van der Waals surface area (Å²) in [7, 11) is -10.8. The van der Waals surface area contributed by atoms with Crippen molar-refractivity contribution in [2.24, 2.45) is 0 Å². The Hall–Kier alpha value is 6.11. The van der Waals surface area contributed by atoms with Gasteiger partial charge in [0, 0.05) is 49.6 Å². The van der Waals surface area contributed by atoms with Crippen LogP contribution in [0.4, 0.5) is 14.4 Å². The molecule has 0 heterocycles. The summed E-state index contributed by atoms with van der Waals surface area (Å²) in [5.41, 5.74) is -5.95. The molecule has 0 aliphatic rings. The van der Waals surface area contributed by atoms with E-state index < -0.39 is 107 Å². The first-order valence-electron chi connectivity index (χ1n) is 9.52. The molecule has 31 nitrogen and oxygen atoms in total. The third-order valence-electron chi connectivity index (χ3n) is 2.51. The number of carboxylic acid groups (broad SMARTS) is 12. The Morgan fingerprint density at radius 2 is 0.404 bits per heavy atom. The van der Waals surface area contributed by atoms with Gasteiger partial charge in [0.15, 0.2) is 0 Å². The minimum absolute atomic E-state index is 0. The molecule has 0 radical (unpaired) electrons. The molecule has 0 spiro atoms. The molecule has 0 bridgehead atoms. The number of phosphoric acid groups is 2. The third kappa shape index (κ3) is 155. The van der Waals surface area contributed by atoms with Gasteiger partial charge in [0.25, 0.3) is 0 Å². The predicted octanol–water partition coefficient (Wildman–Crippen LogP) is -26.9. The molecule has 0 unspecified atom stereocenters. The van der Waals surface area contributed by atoms with Crippen LogP contribution in [0.25, 0.3) is 0 Å².